The maximum Gasteiger partial charge on any atom is 0.338 e. The number of hydrogen-bond donors (Lipinski definition) is 1. The molecule has 1 N–H and O–H groups in total. The monoisotopic (exact) mass is 440 g/mol. The van der Waals surface area contributed by atoms with Crippen molar-refractivity contribution in [3.63, 3.8) is 0 Å². The summed E-state index contributed by atoms with van der Waals surface area (Å²) in [4.78, 5) is 24.2. The van der Waals surface area contributed by atoms with Crippen LogP contribution >= 0.6 is 11.8 Å². The lowest BCUT2D eigenvalue weighted by Gasteiger charge is -2.07. The highest BCUT2D eigenvalue weighted by atomic mass is 32.2. The Morgan fingerprint density at radius 2 is 1.90 bits per heavy atom. The van der Waals surface area contributed by atoms with Crippen LogP contribution in [0.3, 0.4) is 0 Å². The van der Waals surface area contributed by atoms with E-state index in [0.29, 0.717) is 29.4 Å². The first-order chi connectivity index (χ1) is 15.0. The normalized spacial score (nSPS) is 10.5. The van der Waals surface area contributed by atoms with E-state index in [0.717, 1.165) is 17.1 Å². The van der Waals surface area contributed by atoms with Gasteiger partial charge in [0.2, 0.25) is 5.91 Å². The van der Waals surface area contributed by atoms with E-state index in [1.165, 1.54) is 11.8 Å². The van der Waals surface area contributed by atoms with Gasteiger partial charge < -0.3 is 19.4 Å². The van der Waals surface area contributed by atoms with Crippen molar-refractivity contribution in [2.24, 2.45) is 7.05 Å². The quantitative estimate of drug-likeness (QED) is 0.403. The summed E-state index contributed by atoms with van der Waals surface area (Å²) in [6.45, 7) is 2.04. The molecule has 0 atom stereocenters. The molecule has 0 aliphatic heterocycles. The maximum absolute atomic E-state index is 12.3. The Kier molecular flexibility index (Phi) is 7.66. The predicted octanol–water partition coefficient (Wildman–Crippen LogP) is 3.32. The van der Waals surface area contributed by atoms with Crippen LogP contribution in [0.4, 0.5) is 5.69 Å². The van der Waals surface area contributed by atoms with Crippen LogP contribution in [0.5, 0.6) is 5.75 Å². The molecule has 0 spiro atoms. The van der Waals surface area contributed by atoms with Gasteiger partial charge in [-0.1, -0.05) is 30.0 Å². The van der Waals surface area contributed by atoms with Crippen molar-refractivity contribution in [3.05, 3.63) is 65.5 Å². The van der Waals surface area contributed by atoms with Gasteiger partial charge >= 0.3 is 5.97 Å². The van der Waals surface area contributed by atoms with Gasteiger partial charge in [-0.15, -0.1) is 10.2 Å². The topological polar surface area (TPSA) is 95.3 Å². The van der Waals surface area contributed by atoms with Crippen molar-refractivity contribution in [1.82, 2.24) is 14.8 Å². The van der Waals surface area contributed by atoms with Gasteiger partial charge in [-0.25, -0.2) is 4.79 Å². The Morgan fingerprint density at radius 3 is 2.61 bits per heavy atom. The van der Waals surface area contributed by atoms with Gasteiger partial charge in [-0.3, -0.25) is 4.79 Å². The highest BCUT2D eigenvalue weighted by Gasteiger charge is 2.13. The van der Waals surface area contributed by atoms with Gasteiger partial charge in [-0.2, -0.15) is 0 Å². The first-order valence-corrected chi connectivity index (χ1v) is 10.7. The molecule has 8 nitrogen and oxygen atoms in total. The van der Waals surface area contributed by atoms with Crippen LogP contribution in [-0.4, -0.2) is 46.1 Å². The van der Waals surface area contributed by atoms with Gasteiger partial charge in [0.05, 0.1) is 25.0 Å². The minimum atomic E-state index is -0.420. The largest absolute Gasteiger partial charge is 0.497 e. The third kappa shape index (κ3) is 6.08. The average molecular weight is 441 g/mol. The summed E-state index contributed by atoms with van der Waals surface area (Å²) in [5.74, 6) is 1.15. The number of nitrogens with zero attached hydrogens (tertiary/aromatic N) is 3. The molecular weight excluding hydrogens is 416 g/mol. The molecule has 3 rings (SSSR count). The van der Waals surface area contributed by atoms with E-state index in [1.807, 2.05) is 35.9 Å². The Balaban J connectivity index is 1.56. The van der Waals surface area contributed by atoms with Gasteiger partial charge in [0.15, 0.2) is 5.16 Å². The molecule has 9 heteroatoms. The molecule has 0 radical (unpaired) electrons. The second kappa shape index (κ2) is 10.6. The minimum absolute atomic E-state index is 0.165. The van der Waals surface area contributed by atoms with Gasteiger partial charge in [0.25, 0.3) is 0 Å². The van der Waals surface area contributed by atoms with E-state index in [-0.39, 0.29) is 11.7 Å². The third-order valence-electron chi connectivity index (χ3n) is 4.44. The number of hydrogen-bond acceptors (Lipinski definition) is 7. The van der Waals surface area contributed by atoms with Crippen LogP contribution in [0.1, 0.15) is 28.7 Å². The summed E-state index contributed by atoms with van der Waals surface area (Å²) >= 11 is 1.30. The number of thioether (sulfide) groups is 1. The zero-order valence-electron chi connectivity index (χ0n) is 17.6. The lowest BCUT2D eigenvalue weighted by molar-refractivity contribution is -0.113. The van der Waals surface area contributed by atoms with Crippen LogP contribution in [0, 0.1) is 0 Å². The first-order valence-electron chi connectivity index (χ1n) is 9.71. The zero-order valence-corrected chi connectivity index (χ0v) is 18.4. The van der Waals surface area contributed by atoms with Gasteiger partial charge in [-0.05, 0) is 42.8 Å². The molecule has 1 aromatic heterocycles. The number of esters is 1. The molecule has 31 heavy (non-hydrogen) atoms. The number of ether oxygens (including phenoxy) is 2. The molecule has 0 bridgehead atoms. The summed E-state index contributed by atoms with van der Waals surface area (Å²) in [6.07, 6.45) is 0.626. The van der Waals surface area contributed by atoms with Crippen molar-refractivity contribution in [3.8, 4) is 5.75 Å². The Hall–Kier alpha value is -3.33. The highest BCUT2D eigenvalue weighted by Crippen LogP contribution is 2.19. The van der Waals surface area contributed by atoms with E-state index < -0.39 is 5.97 Å². The van der Waals surface area contributed by atoms with E-state index in [4.69, 9.17) is 9.47 Å². The number of nitrogens with one attached hydrogen (secondary N) is 1. The molecule has 0 aliphatic rings. The maximum atomic E-state index is 12.3. The molecule has 1 heterocycles. The van der Waals surface area contributed by atoms with E-state index in [1.54, 1.807) is 38.3 Å². The second-order valence-corrected chi connectivity index (χ2v) is 7.56. The summed E-state index contributed by atoms with van der Waals surface area (Å²) in [6, 6.07) is 14.4. The van der Waals surface area contributed by atoms with Crippen molar-refractivity contribution < 1.29 is 19.1 Å². The smallest absolute Gasteiger partial charge is 0.338 e. The fourth-order valence-electron chi connectivity index (χ4n) is 2.82. The van der Waals surface area contributed by atoms with Crippen LogP contribution in [-0.2, 0) is 23.0 Å². The standard InChI is InChI=1S/C22H24N4O4S/c1-4-30-21(28)16-6-5-7-17(13-16)23-20(27)14-31-22-25-24-19(26(22)2)12-15-8-10-18(29-3)11-9-15/h5-11,13H,4,12,14H2,1-3H3,(H,23,27). The highest BCUT2D eigenvalue weighted by molar-refractivity contribution is 7.99. The molecule has 1 amide bonds. The molecule has 0 saturated heterocycles. The van der Waals surface area contributed by atoms with Crippen molar-refractivity contribution in [1.29, 1.82) is 0 Å². The lowest BCUT2D eigenvalue weighted by atomic mass is 10.1. The number of carbonyl (C=O) groups excluding carboxylic acids is 2. The average Bonchev–Trinajstić information content (AvgIpc) is 3.12. The second-order valence-electron chi connectivity index (χ2n) is 6.62. The molecule has 0 aliphatic carbocycles. The van der Waals surface area contributed by atoms with Crippen molar-refractivity contribution in [2.45, 2.75) is 18.5 Å². The SMILES string of the molecule is CCOC(=O)c1cccc(NC(=O)CSc2nnc(Cc3ccc(OC)cc3)n2C)c1. The summed E-state index contributed by atoms with van der Waals surface area (Å²) < 4.78 is 12.0. The molecule has 2 aromatic carbocycles. The fourth-order valence-corrected chi connectivity index (χ4v) is 3.55. The Bertz CT molecular complexity index is 1050. The Labute approximate surface area is 185 Å². The summed E-state index contributed by atoms with van der Waals surface area (Å²) in [5.41, 5.74) is 2.02. The molecule has 0 saturated carbocycles. The first kappa shape index (κ1) is 22.4. The number of methoxy groups -OCH3 is 1. The van der Waals surface area contributed by atoms with Crippen molar-refractivity contribution in [2.75, 3.05) is 24.8 Å². The Morgan fingerprint density at radius 1 is 1.13 bits per heavy atom. The predicted molar refractivity (Wildman–Crippen MR) is 119 cm³/mol. The van der Waals surface area contributed by atoms with E-state index in [2.05, 4.69) is 15.5 Å². The number of amides is 1. The molecule has 0 unspecified atom stereocenters. The number of aromatic nitrogens is 3. The van der Waals surface area contributed by atoms with Crippen LogP contribution < -0.4 is 10.1 Å². The zero-order chi connectivity index (χ0) is 22.2. The third-order valence-corrected chi connectivity index (χ3v) is 5.46. The minimum Gasteiger partial charge on any atom is -0.497 e. The molecule has 162 valence electrons. The molecular formula is C22H24N4O4S. The van der Waals surface area contributed by atoms with Gasteiger partial charge in [0.1, 0.15) is 11.6 Å². The number of benzene rings is 2. The summed E-state index contributed by atoms with van der Waals surface area (Å²) in [5, 5.41) is 11.9. The van der Waals surface area contributed by atoms with E-state index >= 15 is 0 Å². The van der Waals surface area contributed by atoms with Crippen molar-refractivity contribution >= 4 is 29.3 Å². The fraction of sp³-hybridized carbons (Fsp3) is 0.273. The summed E-state index contributed by atoms with van der Waals surface area (Å²) in [7, 11) is 3.51. The molecule has 3 aromatic rings. The number of anilines is 1. The number of rotatable bonds is 9. The number of carbonyl (C=O) groups is 2. The lowest BCUT2D eigenvalue weighted by Crippen LogP contribution is -2.15. The molecule has 0 fully saturated rings. The van der Waals surface area contributed by atoms with Crippen LogP contribution in [0.15, 0.2) is 53.7 Å². The van der Waals surface area contributed by atoms with Crippen LogP contribution in [0.25, 0.3) is 0 Å². The van der Waals surface area contributed by atoms with E-state index in [9.17, 15) is 9.59 Å². The van der Waals surface area contributed by atoms with Crippen LogP contribution in [0.2, 0.25) is 0 Å². The van der Waals surface area contributed by atoms with Gasteiger partial charge in [0, 0.05) is 19.2 Å².